The van der Waals surface area contributed by atoms with Crippen molar-refractivity contribution in [3.63, 3.8) is 0 Å². The quantitative estimate of drug-likeness (QED) is 0.432. The van der Waals surface area contributed by atoms with Crippen molar-refractivity contribution in [1.82, 2.24) is 4.90 Å². The molecule has 1 aliphatic rings. The largest absolute Gasteiger partial charge is 0.343 e. The molecule has 3 aromatic carbocycles. The maximum atomic E-state index is 13.2. The minimum atomic E-state index is -0.227. The second-order valence-electron chi connectivity index (χ2n) is 8.83. The molecule has 35 heavy (non-hydrogen) atoms. The van der Waals surface area contributed by atoms with Crippen molar-refractivity contribution >= 4 is 34.8 Å². The highest BCUT2D eigenvalue weighted by Gasteiger charge is 2.22. The summed E-state index contributed by atoms with van der Waals surface area (Å²) in [6.45, 7) is 3.72. The molecule has 0 bridgehead atoms. The second kappa shape index (κ2) is 11.8. The van der Waals surface area contributed by atoms with Crippen LogP contribution >= 0.6 is 11.6 Å². The van der Waals surface area contributed by atoms with Crippen LogP contribution in [0, 0.1) is 0 Å². The maximum Gasteiger partial charge on any atom is 0.274 e. The monoisotopic (exact) mass is 487 g/mol. The van der Waals surface area contributed by atoms with Gasteiger partial charge in [0.1, 0.15) is 5.71 Å². The lowest BCUT2D eigenvalue weighted by atomic mass is 9.89. The van der Waals surface area contributed by atoms with Crippen LogP contribution < -0.4 is 5.32 Å². The minimum absolute atomic E-state index is 0.144. The molecule has 3 aromatic rings. The number of piperidine rings is 1. The number of amides is 2. The number of rotatable bonds is 7. The van der Waals surface area contributed by atoms with Gasteiger partial charge in [-0.2, -0.15) is 0 Å². The summed E-state index contributed by atoms with van der Waals surface area (Å²) in [7, 11) is 0. The van der Waals surface area contributed by atoms with Crippen LogP contribution in [-0.2, 0) is 16.0 Å². The van der Waals surface area contributed by atoms with E-state index in [4.69, 9.17) is 11.6 Å². The summed E-state index contributed by atoms with van der Waals surface area (Å²) in [6.07, 6.45) is 2.64. The molecule has 4 rings (SSSR count). The Balaban J connectivity index is 1.42. The topological polar surface area (TPSA) is 61.8 Å². The van der Waals surface area contributed by atoms with E-state index >= 15 is 0 Å². The number of nitrogens with zero attached hydrogens (tertiary/aromatic N) is 2. The zero-order valence-electron chi connectivity index (χ0n) is 19.9. The van der Waals surface area contributed by atoms with Crippen molar-refractivity contribution in [3.05, 3.63) is 101 Å². The first kappa shape index (κ1) is 24.7. The number of aliphatic imine (C=N–C) groups is 1. The number of carbonyl (C=O) groups excluding carboxylic acids is 2. The van der Waals surface area contributed by atoms with Gasteiger partial charge in [-0.05, 0) is 60.6 Å². The smallest absolute Gasteiger partial charge is 0.274 e. The normalized spacial score (nSPS) is 14.6. The number of benzene rings is 3. The van der Waals surface area contributed by atoms with Crippen molar-refractivity contribution in [2.45, 2.75) is 32.1 Å². The van der Waals surface area contributed by atoms with E-state index in [1.54, 1.807) is 6.92 Å². The first-order valence-electron chi connectivity index (χ1n) is 12.0. The first-order chi connectivity index (χ1) is 17.0. The Morgan fingerprint density at radius 2 is 1.60 bits per heavy atom. The molecule has 0 radical (unpaired) electrons. The van der Waals surface area contributed by atoms with Crippen LogP contribution in [0.25, 0.3) is 0 Å². The highest BCUT2D eigenvalue weighted by Crippen LogP contribution is 2.29. The van der Waals surface area contributed by atoms with Gasteiger partial charge >= 0.3 is 0 Å². The Bertz CT molecular complexity index is 1170. The highest BCUT2D eigenvalue weighted by atomic mass is 35.5. The number of hydrogen-bond acceptors (Lipinski definition) is 3. The average Bonchev–Trinajstić information content (AvgIpc) is 2.88. The molecular weight excluding hydrogens is 458 g/mol. The summed E-state index contributed by atoms with van der Waals surface area (Å²) < 4.78 is 0. The third kappa shape index (κ3) is 6.80. The van der Waals surface area contributed by atoms with Gasteiger partial charge in [0.2, 0.25) is 5.91 Å². The SMILES string of the molecule is CC(=O)N1CCC(c2ccc(NC(=O)C(=NCCc3ccc(Cl)cc3)c3ccccc3)cc2)CC1. The zero-order valence-corrected chi connectivity index (χ0v) is 20.7. The third-order valence-corrected chi connectivity index (χ3v) is 6.68. The fourth-order valence-corrected chi connectivity index (χ4v) is 4.52. The van der Waals surface area contributed by atoms with Gasteiger partial charge in [-0.1, -0.05) is 66.2 Å². The van der Waals surface area contributed by atoms with Crippen molar-refractivity contribution in [1.29, 1.82) is 0 Å². The number of nitrogens with one attached hydrogen (secondary N) is 1. The molecule has 0 saturated carbocycles. The number of halogens is 1. The van der Waals surface area contributed by atoms with Crippen molar-refractivity contribution in [3.8, 4) is 0 Å². The molecule has 1 heterocycles. The molecule has 180 valence electrons. The summed E-state index contributed by atoms with van der Waals surface area (Å²) in [5, 5.41) is 3.71. The number of likely N-dealkylation sites (tertiary alicyclic amines) is 1. The molecule has 1 fully saturated rings. The lowest BCUT2D eigenvalue weighted by Crippen LogP contribution is -2.36. The predicted molar refractivity (Wildman–Crippen MR) is 142 cm³/mol. The van der Waals surface area contributed by atoms with Crippen LogP contribution in [0.5, 0.6) is 0 Å². The van der Waals surface area contributed by atoms with E-state index in [0.717, 1.165) is 49.2 Å². The second-order valence-corrected chi connectivity index (χ2v) is 9.27. The summed E-state index contributed by atoms with van der Waals surface area (Å²) in [6, 6.07) is 25.3. The Morgan fingerprint density at radius 1 is 0.943 bits per heavy atom. The Kier molecular flexibility index (Phi) is 8.32. The van der Waals surface area contributed by atoms with Crippen molar-refractivity contribution < 1.29 is 9.59 Å². The summed E-state index contributed by atoms with van der Waals surface area (Å²) in [5.41, 5.74) is 4.30. The van der Waals surface area contributed by atoms with Crippen LogP contribution in [0.3, 0.4) is 0 Å². The average molecular weight is 488 g/mol. The number of anilines is 1. The molecule has 6 heteroatoms. The first-order valence-corrected chi connectivity index (χ1v) is 12.4. The minimum Gasteiger partial charge on any atom is -0.343 e. The van der Waals surface area contributed by atoms with Gasteiger partial charge in [0.15, 0.2) is 0 Å². The van der Waals surface area contributed by atoms with Crippen LogP contribution in [-0.4, -0.2) is 42.1 Å². The summed E-state index contributed by atoms with van der Waals surface area (Å²) >= 11 is 5.97. The van der Waals surface area contributed by atoms with Gasteiger partial charge in [0, 0.05) is 42.8 Å². The van der Waals surface area contributed by atoms with Crippen molar-refractivity contribution in [2.24, 2.45) is 4.99 Å². The van der Waals surface area contributed by atoms with E-state index < -0.39 is 0 Å². The zero-order chi connectivity index (χ0) is 24.6. The third-order valence-electron chi connectivity index (χ3n) is 6.43. The van der Waals surface area contributed by atoms with Crippen LogP contribution in [0.15, 0.2) is 83.9 Å². The molecule has 1 aliphatic heterocycles. The van der Waals surface area contributed by atoms with Gasteiger partial charge < -0.3 is 10.2 Å². The lowest BCUT2D eigenvalue weighted by molar-refractivity contribution is -0.129. The Morgan fingerprint density at radius 3 is 2.23 bits per heavy atom. The van der Waals surface area contributed by atoms with E-state index in [1.165, 1.54) is 5.56 Å². The highest BCUT2D eigenvalue weighted by molar-refractivity contribution is 6.48. The molecule has 2 amide bonds. The molecule has 1 N–H and O–H groups in total. The van der Waals surface area contributed by atoms with Gasteiger partial charge in [0.25, 0.3) is 5.91 Å². The van der Waals surface area contributed by atoms with Gasteiger partial charge in [-0.15, -0.1) is 0 Å². The van der Waals surface area contributed by atoms with Crippen LogP contribution in [0.1, 0.15) is 42.4 Å². The maximum absolute atomic E-state index is 13.2. The molecule has 5 nitrogen and oxygen atoms in total. The molecular formula is C29H30ClN3O2. The van der Waals surface area contributed by atoms with E-state index in [1.807, 2.05) is 71.6 Å². The summed E-state index contributed by atoms with van der Waals surface area (Å²) in [5.74, 6) is 0.352. The number of carbonyl (C=O) groups is 2. The Hall–Kier alpha value is -3.44. The molecule has 0 aromatic heterocycles. The summed E-state index contributed by atoms with van der Waals surface area (Å²) in [4.78, 5) is 31.3. The van der Waals surface area contributed by atoms with Crippen molar-refractivity contribution in [2.75, 3.05) is 25.0 Å². The van der Waals surface area contributed by atoms with E-state index in [9.17, 15) is 9.59 Å². The number of hydrogen-bond donors (Lipinski definition) is 1. The molecule has 1 saturated heterocycles. The van der Waals surface area contributed by atoms with Crippen LogP contribution in [0.2, 0.25) is 5.02 Å². The predicted octanol–water partition coefficient (Wildman–Crippen LogP) is 5.74. The fraction of sp³-hybridized carbons (Fsp3) is 0.276. The van der Waals surface area contributed by atoms with E-state index in [2.05, 4.69) is 22.4 Å². The fourth-order valence-electron chi connectivity index (χ4n) is 4.39. The molecule has 0 unspecified atom stereocenters. The molecule has 0 atom stereocenters. The van der Waals surface area contributed by atoms with Crippen LogP contribution in [0.4, 0.5) is 5.69 Å². The standard InChI is InChI=1S/C29H30ClN3O2/c1-21(34)33-19-16-24(17-20-33)23-9-13-27(14-10-23)32-29(35)28(25-5-3-2-4-6-25)31-18-15-22-7-11-26(30)12-8-22/h2-14,24H,15-20H2,1H3,(H,32,35). The van der Waals surface area contributed by atoms with E-state index in [-0.39, 0.29) is 11.8 Å². The molecule has 0 aliphatic carbocycles. The lowest BCUT2D eigenvalue weighted by Gasteiger charge is -2.31. The van der Waals surface area contributed by atoms with Gasteiger partial charge in [0.05, 0.1) is 0 Å². The molecule has 0 spiro atoms. The van der Waals surface area contributed by atoms with Gasteiger partial charge in [-0.25, -0.2) is 0 Å². The Labute approximate surface area is 211 Å². The van der Waals surface area contributed by atoms with Gasteiger partial charge in [-0.3, -0.25) is 14.6 Å². The van der Waals surface area contributed by atoms with E-state index in [0.29, 0.717) is 23.2 Å².